The lowest BCUT2D eigenvalue weighted by Gasteiger charge is -2.36. The van der Waals surface area contributed by atoms with Crippen LogP contribution in [0.1, 0.15) is 46.0 Å². The molecule has 0 radical (unpaired) electrons. The summed E-state index contributed by atoms with van der Waals surface area (Å²) in [7, 11) is 0. The highest BCUT2D eigenvalue weighted by molar-refractivity contribution is 5.88. The number of unbranched alkanes of at least 4 members (excludes halogenated alkanes) is 2. The number of terminal acetylenes is 1. The molecule has 0 bridgehead atoms. The van der Waals surface area contributed by atoms with Crippen LogP contribution in [0.15, 0.2) is 0 Å². The molecule has 1 heterocycles. The van der Waals surface area contributed by atoms with Gasteiger partial charge in [0.2, 0.25) is 11.8 Å². The van der Waals surface area contributed by atoms with Crippen molar-refractivity contribution in [2.45, 2.75) is 52.0 Å². The summed E-state index contributed by atoms with van der Waals surface area (Å²) in [6, 6.07) is -0.297. The maximum atomic E-state index is 12.2. The summed E-state index contributed by atoms with van der Waals surface area (Å²) in [6.45, 7) is 5.32. The Bertz CT molecular complexity index is 358. The largest absolute Gasteiger partial charge is 0.353 e. The Morgan fingerprint density at radius 3 is 2.89 bits per heavy atom. The van der Waals surface area contributed by atoms with E-state index in [2.05, 4.69) is 25.1 Å². The fourth-order valence-corrected chi connectivity index (χ4v) is 2.34. The van der Waals surface area contributed by atoms with E-state index in [9.17, 15) is 9.59 Å². The first-order chi connectivity index (χ1) is 9.06. The molecule has 1 aliphatic heterocycles. The number of hydrogen-bond acceptors (Lipinski definition) is 2. The van der Waals surface area contributed by atoms with Gasteiger partial charge in [0, 0.05) is 25.9 Å². The molecule has 1 fully saturated rings. The highest BCUT2D eigenvalue weighted by Gasteiger charge is 2.32. The van der Waals surface area contributed by atoms with E-state index in [0.29, 0.717) is 31.8 Å². The number of carbonyl (C=O) groups excluding carboxylic acids is 2. The van der Waals surface area contributed by atoms with Crippen LogP contribution in [0.3, 0.4) is 0 Å². The predicted molar refractivity (Wildman–Crippen MR) is 75.3 cm³/mol. The second-order valence-electron chi connectivity index (χ2n) is 5.43. The zero-order chi connectivity index (χ0) is 14.3. The summed E-state index contributed by atoms with van der Waals surface area (Å²) in [6.07, 6.45) is 8.78. The van der Waals surface area contributed by atoms with Crippen molar-refractivity contribution in [2.75, 3.05) is 13.1 Å². The highest BCUT2D eigenvalue weighted by Crippen LogP contribution is 2.16. The van der Waals surface area contributed by atoms with Gasteiger partial charge in [0.1, 0.15) is 6.04 Å². The minimum absolute atomic E-state index is 0.0167. The van der Waals surface area contributed by atoms with Gasteiger partial charge in [-0.15, -0.1) is 12.3 Å². The van der Waals surface area contributed by atoms with E-state index in [4.69, 9.17) is 6.42 Å². The summed E-state index contributed by atoms with van der Waals surface area (Å²) >= 11 is 0. The van der Waals surface area contributed by atoms with Crippen LogP contribution in [0.5, 0.6) is 0 Å². The van der Waals surface area contributed by atoms with E-state index >= 15 is 0 Å². The number of piperazine rings is 1. The molecule has 0 spiro atoms. The van der Waals surface area contributed by atoms with Crippen LogP contribution in [-0.2, 0) is 9.59 Å². The minimum atomic E-state index is -0.297. The molecular formula is C15H24N2O2. The zero-order valence-corrected chi connectivity index (χ0v) is 11.9. The molecule has 106 valence electrons. The Kier molecular flexibility index (Phi) is 6.41. The smallest absolute Gasteiger partial charge is 0.242 e. The first-order valence-corrected chi connectivity index (χ1v) is 7.07. The van der Waals surface area contributed by atoms with Crippen LogP contribution in [-0.4, -0.2) is 35.8 Å². The summed E-state index contributed by atoms with van der Waals surface area (Å²) < 4.78 is 0. The first-order valence-electron chi connectivity index (χ1n) is 7.07. The third-order valence-corrected chi connectivity index (χ3v) is 3.31. The van der Waals surface area contributed by atoms with Crippen LogP contribution in [0.2, 0.25) is 0 Å². The summed E-state index contributed by atoms with van der Waals surface area (Å²) in [5, 5.41) is 2.84. The molecule has 19 heavy (non-hydrogen) atoms. The topological polar surface area (TPSA) is 49.4 Å². The molecule has 0 aromatic rings. The Balaban J connectivity index is 2.53. The fourth-order valence-electron chi connectivity index (χ4n) is 2.34. The number of nitrogens with zero attached hydrogens (tertiary/aromatic N) is 1. The molecule has 0 aromatic heterocycles. The van der Waals surface area contributed by atoms with E-state index in [0.717, 1.165) is 19.3 Å². The SMILES string of the molecule is C#CCCCCC(=O)N1CCNC(=O)C1CC(C)C. The van der Waals surface area contributed by atoms with Crippen LogP contribution < -0.4 is 5.32 Å². The average Bonchev–Trinajstić information content (AvgIpc) is 2.36. The molecular weight excluding hydrogens is 240 g/mol. The number of amides is 2. The second-order valence-corrected chi connectivity index (χ2v) is 5.43. The van der Waals surface area contributed by atoms with Gasteiger partial charge in [-0.1, -0.05) is 13.8 Å². The van der Waals surface area contributed by atoms with Gasteiger partial charge in [-0.25, -0.2) is 0 Å². The molecule has 2 amide bonds. The predicted octanol–water partition coefficient (Wildman–Crippen LogP) is 1.55. The van der Waals surface area contributed by atoms with Crippen molar-refractivity contribution in [3.8, 4) is 12.3 Å². The molecule has 4 nitrogen and oxygen atoms in total. The molecule has 4 heteroatoms. The van der Waals surface area contributed by atoms with E-state index in [-0.39, 0.29) is 17.9 Å². The van der Waals surface area contributed by atoms with Gasteiger partial charge >= 0.3 is 0 Å². The lowest BCUT2D eigenvalue weighted by Crippen LogP contribution is -2.57. The molecule has 1 N–H and O–H groups in total. The van der Waals surface area contributed by atoms with Gasteiger partial charge in [-0.3, -0.25) is 9.59 Å². The van der Waals surface area contributed by atoms with Crippen molar-refractivity contribution in [1.82, 2.24) is 10.2 Å². The summed E-state index contributed by atoms with van der Waals surface area (Å²) in [5.74, 6) is 3.03. The highest BCUT2D eigenvalue weighted by atomic mass is 16.2. The number of carbonyl (C=O) groups is 2. The van der Waals surface area contributed by atoms with Crippen molar-refractivity contribution in [3.05, 3.63) is 0 Å². The van der Waals surface area contributed by atoms with Crippen molar-refractivity contribution in [3.63, 3.8) is 0 Å². The normalized spacial score (nSPS) is 19.2. The lowest BCUT2D eigenvalue weighted by molar-refractivity contribution is -0.144. The van der Waals surface area contributed by atoms with Crippen molar-refractivity contribution in [1.29, 1.82) is 0 Å². The number of hydrogen-bond donors (Lipinski definition) is 1. The average molecular weight is 264 g/mol. The van der Waals surface area contributed by atoms with Crippen molar-refractivity contribution in [2.24, 2.45) is 5.92 Å². The standard InChI is InChI=1S/C15H24N2O2/c1-4-5-6-7-8-14(18)17-10-9-16-15(19)13(17)11-12(2)3/h1,12-13H,5-11H2,2-3H3,(H,16,19). The Morgan fingerprint density at radius 1 is 1.53 bits per heavy atom. The van der Waals surface area contributed by atoms with Gasteiger partial charge in [-0.2, -0.15) is 0 Å². The molecule has 1 unspecified atom stereocenters. The molecule has 1 saturated heterocycles. The van der Waals surface area contributed by atoms with Gasteiger partial charge in [0.25, 0.3) is 0 Å². The molecule has 0 saturated carbocycles. The minimum Gasteiger partial charge on any atom is -0.353 e. The first kappa shape index (κ1) is 15.6. The van der Waals surface area contributed by atoms with Crippen LogP contribution in [0, 0.1) is 18.3 Å². The lowest BCUT2D eigenvalue weighted by atomic mass is 9.99. The van der Waals surface area contributed by atoms with Gasteiger partial charge in [0.15, 0.2) is 0 Å². The van der Waals surface area contributed by atoms with E-state index in [1.165, 1.54) is 0 Å². The maximum absolute atomic E-state index is 12.2. The van der Waals surface area contributed by atoms with Gasteiger partial charge in [-0.05, 0) is 25.2 Å². The molecule has 0 aliphatic carbocycles. The van der Waals surface area contributed by atoms with Crippen molar-refractivity contribution >= 4 is 11.8 Å². The monoisotopic (exact) mass is 264 g/mol. The second kappa shape index (κ2) is 7.83. The zero-order valence-electron chi connectivity index (χ0n) is 11.9. The van der Waals surface area contributed by atoms with Crippen LogP contribution in [0.25, 0.3) is 0 Å². The van der Waals surface area contributed by atoms with Gasteiger partial charge in [0.05, 0.1) is 0 Å². The Labute approximate surface area is 115 Å². The number of rotatable bonds is 6. The molecule has 1 rings (SSSR count). The fraction of sp³-hybridized carbons (Fsp3) is 0.733. The summed E-state index contributed by atoms with van der Waals surface area (Å²) in [4.78, 5) is 25.8. The molecule has 1 atom stereocenters. The van der Waals surface area contributed by atoms with Crippen LogP contribution >= 0.6 is 0 Å². The Morgan fingerprint density at radius 2 is 2.26 bits per heavy atom. The maximum Gasteiger partial charge on any atom is 0.242 e. The van der Waals surface area contributed by atoms with Gasteiger partial charge < -0.3 is 10.2 Å². The number of nitrogens with one attached hydrogen (secondary N) is 1. The molecule has 0 aromatic carbocycles. The summed E-state index contributed by atoms with van der Waals surface area (Å²) in [5.41, 5.74) is 0. The molecule has 1 aliphatic rings. The van der Waals surface area contributed by atoms with Crippen LogP contribution in [0.4, 0.5) is 0 Å². The Hall–Kier alpha value is -1.50. The quantitative estimate of drug-likeness (QED) is 0.584. The van der Waals surface area contributed by atoms with E-state index in [1.807, 2.05) is 0 Å². The van der Waals surface area contributed by atoms with Crippen molar-refractivity contribution < 1.29 is 9.59 Å². The third-order valence-electron chi connectivity index (χ3n) is 3.31. The van der Waals surface area contributed by atoms with E-state index < -0.39 is 0 Å². The van der Waals surface area contributed by atoms with E-state index in [1.54, 1.807) is 4.90 Å². The third kappa shape index (κ3) is 4.94.